The molecule has 3 nitrogen and oxygen atoms in total. The zero-order chi connectivity index (χ0) is 13.9. The molecule has 0 spiro atoms. The summed E-state index contributed by atoms with van der Waals surface area (Å²) in [6.45, 7) is 4.58. The van der Waals surface area contributed by atoms with Gasteiger partial charge in [0.1, 0.15) is 0 Å². The highest BCUT2D eigenvalue weighted by Crippen LogP contribution is 2.33. The molecule has 0 aromatic carbocycles. The van der Waals surface area contributed by atoms with Crippen LogP contribution in [0, 0.1) is 0 Å². The van der Waals surface area contributed by atoms with Gasteiger partial charge in [0.15, 0.2) is 0 Å². The van der Waals surface area contributed by atoms with Gasteiger partial charge in [0, 0.05) is 30.1 Å². The maximum absolute atomic E-state index is 6.10. The van der Waals surface area contributed by atoms with Crippen LogP contribution in [-0.2, 0) is 11.3 Å². The molecular weight excluding hydrogens is 280 g/mol. The van der Waals surface area contributed by atoms with Crippen LogP contribution < -0.4 is 5.73 Å². The highest BCUT2D eigenvalue weighted by atomic mass is 35.5. The molecule has 0 aliphatic carbocycles. The van der Waals surface area contributed by atoms with E-state index in [4.69, 9.17) is 22.1 Å². The summed E-state index contributed by atoms with van der Waals surface area (Å²) < 4.78 is 6.64. The van der Waals surface area contributed by atoms with Gasteiger partial charge in [0.25, 0.3) is 0 Å². The Bertz CT molecular complexity index is 412. The Morgan fingerprint density at radius 3 is 2.95 bits per heavy atom. The molecule has 2 atom stereocenters. The average Bonchev–Trinajstić information content (AvgIpc) is 2.84. The van der Waals surface area contributed by atoms with Gasteiger partial charge < -0.3 is 10.5 Å². The zero-order valence-corrected chi connectivity index (χ0v) is 13.3. The van der Waals surface area contributed by atoms with Gasteiger partial charge in [-0.3, -0.25) is 4.90 Å². The van der Waals surface area contributed by atoms with Gasteiger partial charge in [-0.2, -0.15) is 0 Å². The number of hydrogen-bond acceptors (Lipinski definition) is 4. The molecule has 0 bridgehead atoms. The number of rotatable bonds is 5. The smallest absolute Gasteiger partial charge is 0.0931 e. The lowest BCUT2D eigenvalue weighted by Gasteiger charge is -2.46. The first-order valence-electron chi connectivity index (χ1n) is 6.87. The molecule has 2 unspecified atom stereocenters. The molecule has 2 rings (SSSR count). The molecule has 1 fully saturated rings. The summed E-state index contributed by atoms with van der Waals surface area (Å²) in [4.78, 5) is 3.68. The summed E-state index contributed by atoms with van der Waals surface area (Å²) in [6, 6.07) is 4.06. The van der Waals surface area contributed by atoms with Crippen LogP contribution in [0.5, 0.6) is 0 Å². The lowest BCUT2D eigenvalue weighted by molar-refractivity contribution is -0.0669. The van der Waals surface area contributed by atoms with Crippen molar-refractivity contribution in [1.29, 1.82) is 0 Å². The summed E-state index contributed by atoms with van der Waals surface area (Å²) >= 11 is 7.65. The van der Waals surface area contributed by atoms with E-state index in [0.29, 0.717) is 12.6 Å². The molecule has 2 heterocycles. The zero-order valence-electron chi connectivity index (χ0n) is 11.7. The van der Waals surface area contributed by atoms with E-state index in [1.165, 1.54) is 4.88 Å². The maximum Gasteiger partial charge on any atom is 0.0931 e. The molecular formula is C14H23ClN2OS. The quantitative estimate of drug-likeness (QED) is 0.908. The van der Waals surface area contributed by atoms with E-state index in [-0.39, 0.29) is 5.54 Å². The largest absolute Gasteiger partial charge is 0.378 e. The fourth-order valence-electron chi connectivity index (χ4n) is 2.79. The van der Waals surface area contributed by atoms with Gasteiger partial charge in [0.2, 0.25) is 0 Å². The molecule has 1 aliphatic heterocycles. The van der Waals surface area contributed by atoms with Crippen molar-refractivity contribution in [2.75, 3.05) is 20.2 Å². The van der Waals surface area contributed by atoms with Crippen LogP contribution in [0.4, 0.5) is 0 Å². The first kappa shape index (κ1) is 15.3. The number of ether oxygens (including phenoxy) is 1. The Kier molecular flexibility index (Phi) is 5.26. The Morgan fingerprint density at radius 1 is 1.58 bits per heavy atom. The van der Waals surface area contributed by atoms with Crippen molar-refractivity contribution < 1.29 is 4.74 Å². The molecule has 5 heteroatoms. The van der Waals surface area contributed by atoms with Crippen LogP contribution in [-0.4, -0.2) is 36.7 Å². The van der Waals surface area contributed by atoms with Crippen LogP contribution >= 0.6 is 22.9 Å². The lowest BCUT2D eigenvalue weighted by atomic mass is 9.84. The molecule has 1 aliphatic rings. The topological polar surface area (TPSA) is 38.5 Å². The second-order valence-electron chi connectivity index (χ2n) is 5.35. The molecule has 0 radical (unpaired) electrons. The standard InChI is InChI=1S/C14H23ClN2OS/c1-3-11-8-14(10-16,6-7-18-11)17(2)9-12-4-5-13(15)19-12/h4-5,11H,3,6-10,16H2,1-2H3. The third-order valence-electron chi connectivity index (χ3n) is 4.20. The number of nitrogens with two attached hydrogens (primary N) is 1. The van der Waals surface area contributed by atoms with Gasteiger partial charge in [-0.1, -0.05) is 18.5 Å². The first-order chi connectivity index (χ1) is 9.09. The minimum absolute atomic E-state index is 0.0649. The highest BCUT2D eigenvalue weighted by molar-refractivity contribution is 7.16. The second-order valence-corrected chi connectivity index (χ2v) is 7.15. The number of nitrogens with zero attached hydrogens (tertiary/aromatic N) is 1. The number of halogens is 1. The van der Waals surface area contributed by atoms with Gasteiger partial charge in [-0.25, -0.2) is 0 Å². The Hall–Kier alpha value is -0.130. The summed E-state index contributed by atoms with van der Waals surface area (Å²) in [5, 5.41) is 0. The molecule has 0 amide bonds. The number of hydrogen-bond donors (Lipinski definition) is 1. The molecule has 2 N–H and O–H groups in total. The molecule has 1 aromatic heterocycles. The molecule has 1 saturated heterocycles. The van der Waals surface area contributed by atoms with E-state index in [0.717, 1.165) is 36.8 Å². The van der Waals surface area contributed by atoms with Crippen molar-refractivity contribution in [1.82, 2.24) is 4.90 Å². The first-order valence-corrected chi connectivity index (χ1v) is 8.06. The highest BCUT2D eigenvalue weighted by Gasteiger charge is 2.38. The van der Waals surface area contributed by atoms with Gasteiger partial charge >= 0.3 is 0 Å². The SMILES string of the molecule is CCC1CC(CN)(N(C)Cc2ccc(Cl)s2)CCO1. The minimum atomic E-state index is 0.0649. The predicted molar refractivity (Wildman–Crippen MR) is 81.8 cm³/mol. The van der Waals surface area contributed by atoms with Crippen molar-refractivity contribution in [3.8, 4) is 0 Å². The summed E-state index contributed by atoms with van der Waals surface area (Å²) in [6.07, 6.45) is 3.43. The monoisotopic (exact) mass is 302 g/mol. The maximum atomic E-state index is 6.10. The van der Waals surface area contributed by atoms with E-state index < -0.39 is 0 Å². The predicted octanol–water partition coefficient (Wildman–Crippen LogP) is 3.12. The average molecular weight is 303 g/mol. The van der Waals surface area contributed by atoms with E-state index in [2.05, 4.69) is 24.9 Å². The van der Waals surface area contributed by atoms with Crippen LogP contribution in [0.1, 0.15) is 31.1 Å². The van der Waals surface area contributed by atoms with E-state index >= 15 is 0 Å². The lowest BCUT2D eigenvalue weighted by Crippen LogP contribution is -2.56. The molecule has 19 heavy (non-hydrogen) atoms. The summed E-state index contributed by atoms with van der Waals surface area (Å²) in [7, 11) is 2.17. The third-order valence-corrected chi connectivity index (χ3v) is 5.41. The van der Waals surface area contributed by atoms with Crippen LogP contribution in [0.15, 0.2) is 12.1 Å². The molecule has 108 valence electrons. The number of thiophene rings is 1. The fourth-order valence-corrected chi connectivity index (χ4v) is 3.93. The summed E-state index contributed by atoms with van der Waals surface area (Å²) in [5.74, 6) is 0. The number of likely N-dealkylation sites (N-methyl/N-ethyl adjacent to an activating group) is 1. The van der Waals surface area contributed by atoms with Crippen LogP contribution in [0.25, 0.3) is 0 Å². The van der Waals surface area contributed by atoms with Crippen molar-refractivity contribution in [2.45, 2.75) is 44.4 Å². The second kappa shape index (κ2) is 6.55. The fraction of sp³-hybridized carbons (Fsp3) is 0.714. The Labute approximate surface area is 124 Å². The Morgan fingerprint density at radius 2 is 2.37 bits per heavy atom. The van der Waals surface area contributed by atoms with E-state index in [1.54, 1.807) is 11.3 Å². The summed E-state index contributed by atoms with van der Waals surface area (Å²) in [5.41, 5.74) is 6.16. The molecule has 0 saturated carbocycles. The minimum Gasteiger partial charge on any atom is -0.378 e. The molecule has 1 aromatic rings. The van der Waals surface area contributed by atoms with Crippen molar-refractivity contribution >= 4 is 22.9 Å². The van der Waals surface area contributed by atoms with Crippen molar-refractivity contribution in [2.24, 2.45) is 5.73 Å². The van der Waals surface area contributed by atoms with Crippen LogP contribution in [0.2, 0.25) is 4.34 Å². The van der Waals surface area contributed by atoms with Crippen molar-refractivity contribution in [3.05, 3.63) is 21.3 Å². The van der Waals surface area contributed by atoms with Gasteiger partial charge in [-0.15, -0.1) is 11.3 Å². The van der Waals surface area contributed by atoms with Gasteiger partial charge in [-0.05, 0) is 38.4 Å². The third kappa shape index (κ3) is 3.50. The Balaban J connectivity index is 2.07. The van der Waals surface area contributed by atoms with Crippen molar-refractivity contribution in [3.63, 3.8) is 0 Å². The van der Waals surface area contributed by atoms with E-state index in [1.807, 2.05) is 6.07 Å². The normalized spacial score (nSPS) is 27.9. The van der Waals surface area contributed by atoms with Gasteiger partial charge in [0.05, 0.1) is 10.4 Å². The van der Waals surface area contributed by atoms with Crippen LogP contribution in [0.3, 0.4) is 0 Å². The van der Waals surface area contributed by atoms with E-state index in [9.17, 15) is 0 Å².